The zero-order chi connectivity index (χ0) is 20.8. The summed E-state index contributed by atoms with van der Waals surface area (Å²) in [4.78, 5) is 12.2. The average molecular weight is 543 g/mol. The zero-order valence-corrected chi connectivity index (χ0v) is 19.6. The minimum absolute atomic E-state index is 0.150. The van der Waals surface area contributed by atoms with Crippen molar-refractivity contribution in [1.82, 2.24) is 10.2 Å². The molecule has 1 aromatic heterocycles. The van der Waals surface area contributed by atoms with Crippen LogP contribution in [0.1, 0.15) is 11.5 Å². The number of hydrogen-bond acceptors (Lipinski definition) is 7. The highest BCUT2D eigenvalue weighted by Crippen LogP contribution is 2.29. The Kier molecular flexibility index (Phi) is 7.57. The standard InChI is InChI=1S/C19H17Br2N3O4S/c1-26-15-6-3-11(7-16(15)27-2)8-18-23-24-19(28-18)29-10-17(25)22-14-9-12(20)4-5-13(14)21/h3-7,9H,8,10H2,1-2H3,(H,22,25). The second-order valence-electron chi connectivity index (χ2n) is 5.79. The summed E-state index contributed by atoms with van der Waals surface area (Å²) in [5, 5.41) is 11.2. The maximum Gasteiger partial charge on any atom is 0.277 e. The SMILES string of the molecule is COc1ccc(Cc2nnc(SCC(=O)Nc3cc(Br)ccc3Br)o2)cc1OC. The van der Waals surface area contributed by atoms with Crippen LogP contribution in [0.25, 0.3) is 0 Å². The first-order valence-electron chi connectivity index (χ1n) is 8.39. The number of anilines is 1. The van der Waals surface area contributed by atoms with Crippen LogP contribution < -0.4 is 14.8 Å². The number of hydrogen-bond donors (Lipinski definition) is 1. The lowest BCUT2D eigenvalue weighted by Gasteiger charge is -2.08. The molecule has 3 rings (SSSR count). The van der Waals surface area contributed by atoms with Gasteiger partial charge >= 0.3 is 0 Å². The van der Waals surface area contributed by atoms with Gasteiger partial charge in [0.1, 0.15) is 0 Å². The minimum Gasteiger partial charge on any atom is -0.493 e. The maximum absolute atomic E-state index is 12.2. The third-order valence-corrected chi connectivity index (χ3v) is 5.78. The summed E-state index contributed by atoms with van der Waals surface area (Å²) in [5.41, 5.74) is 1.63. The molecule has 0 fully saturated rings. The highest BCUT2D eigenvalue weighted by molar-refractivity contribution is 9.11. The summed E-state index contributed by atoms with van der Waals surface area (Å²) >= 11 is 7.97. The Bertz CT molecular complexity index is 1010. The van der Waals surface area contributed by atoms with Crippen molar-refractivity contribution in [2.75, 3.05) is 25.3 Å². The lowest BCUT2D eigenvalue weighted by molar-refractivity contribution is -0.113. The van der Waals surface area contributed by atoms with E-state index in [1.54, 1.807) is 14.2 Å². The number of nitrogens with one attached hydrogen (secondary N) is 1. The number of benzene rings is 2. The van der Waals surface area contributed by atoms with E-state index in [1.165, 1.54) is 11.8 Å². The molecule has 0 saturated heterocycles. The van der Waals surface area contributed by atoms with Crippen molar-refractivity contribution in [3.63, 3.8) is 0 Å². The van der Waals surface area contributed by atoms with Crippen LogP contribution in [0.15, 0.2) is 55.0 Å². The fourth-order valence-electron chi connectivity index (χ4n) is 2.44. The Morgan fingerprint density at radius 2 is 1.90 bits per heavy atom. The Morgan fingerprint density at radius 3 is 2.66 bits per heavy atom. The number of carbonyl (C=O) groups is 1. The summed E-state index contributed by atoms with van der Waals surface area (Å²) in [6, 6.07) is 11.1. The lowest BCUT2D eigenvalue weighted by atomic mass is 10.1. The van der Waals surface area contributed by atoms with Crippen LogP contribution in [0.2, 0.25) is 0 Å². The molecule has 0 spiro atoms. The van der Waals surface area contributed by atoms with E-state index in [2.05, 4.69) is 47.4 Å². The number of thioether (sulfide) groups is 1. The molecule has 2 aromatic carbocycles. The first-order chi connectivity index (χ1) is 14.0. The van der Waals surface area contributed by atoms with E-state index < -0.39 is 0 Å². The summed E-state index contributed by atoms with van der Waals surface area (Å²) in [6.07, 6.45) is 0.450. The summed E-state index contributed by atoms with van der Waals surface area (Å²) in [5.74, 6) is 1.72. The van der Waals surface area contributed by atoms with E-state index in [0.29, 0.717) is 34.7 Å². The number of methoxy groups -OCH3 is 2. The molecule has 3 aromatic rings. The van der Waals surface area contributed by atoms with Crippen molar-refractivity contribution in [2.24, 2.45) is 0 Å². The number of ether oxygens (including phenoxy) is 2. The molecule has 0 aliphatic carbocycles. The number of carbonyl (C=O) groups excluding carboxylic acids is 1. The number of rotatable bonds is 8. The maximum atomic E-state index is 12.2. The topological polar surface area (TPSA) is 86.5 Å². The van der Waals surface area contributed by atoms with Gasteiger partial charge in [0.25, 0.3) is 5.22 Å². The van der Waals surface area contributed by atoms with Crippen molar-refractivity contribution < 1.29 is 18.7 Å². The number of nitrogens with zero attached hydrogens (tertiary/aromatic N) is 2. The Morgan fingerprint density at radius 1 is 1.10 bits per heavy atom. The Labute approximate surface area is 188 Å². The van der Waals surface area contributed by atoms with Gasteiger partial charge in [-0.15, -0.1) is 10.2 Å². The van der Waals surface area contributed by atoms with Crippen molar-refractivity contribution in [2.45, 2.75) is 11.6 Å². The molecule has 0 aliphatic heterocycles. The molecule has 1 amide bonds. The van der Waals surface area contributed by atoms with Gasteiger partial charge in [0.15, 0.2) is 11.5 Å². The van der Waals surface area contributed by atoms with E-state index >= 15 is 0 Å². The number of aromatic nitrogens is 2. The molecule has 0 aliphatic rings. The van der Waals surface area contributed by atoms with Crippen LogP contribution in [0.4, 0.5) is 5.69 Å². The van der Waals surface area contributed by atoms with E-state index in [4.69, 9.17) is 13.9 Å². The van der Waals surface area contributed by atoms with Gasteiger partial charge in [-0.05, 0) is 51.8 Å². The van der Waals surface area contributed by atoms with Crippen molar-refractivity contribution in [1.29, 1.82) is 0 Å². The van der Waals surface area contributed by atoms with Gasteiger partial charge in [-0.2, -0.15) is 0 Å². The Balaban J connectivity index is 1.56. The Hall–Kier alpha value is -2.04. The highest BCUT2D eigenvalue weighted by Gasteiger charge is 2.13. The average Bonchev–Trinajstić information content (AvgIpc) is 3.16. The summed E-state index contributed by atoms with van der Waals surface area (Å²) in [7, 11) is 3.17. The molecule has 0 unspecified atom stereocenters. The largest absolute Gasteiger partial charge is 0.493 e. The van der Waals surface area contributed by atoms with Crippen LogP contribution in [0, 0.1) is 0 Å². The summed E-state index contributed by atoms with van der Waals surface area (Å²) < 4.78 is 17.8. The second-order valence-corrected chi connectivity index (χ2v) is 8.49. The van der Waals surface area contributed by atoms with Gasteiger partial charge in [0.05, 0.1) is 32.1 Å². The molecule has 1 N–H and O–H groups in total. The molecule has 0 bridgehead atoms. The van der Waals surface area contributed by atoms with Crippen LogP contribution in [-0.2, 0) is 11.2 Å². The fraction of sp³-hybridized carbons (Fsp3) is 0.211. The molecular weight excluding hydrogens is 526 g/mol. The van der Waals surface area contributed by atoms with E-state index in [1.807, 2.05) is 36.4 Å². The fourth-order valence-corrected chi connectivity index (χ4v) is 3.73. The van der Waals surface area contributed by atoms with Gasteiger partial charge in [0, 0.05) is 8.95 Å². The highest BCUT2D eigenvalue weighted by atomic mass is 79.9. The molecule has 7 nitrogen and oxygen atoms in total. The molecular formula is C19H17Br2N3O4S. The van der Waals surface area contributed by atoms with Crippen LogP contribution >= 0.6 is 43.6 Å². The first-order valence-corrected chi connectivity index (χ1v) is 11.0. The number of halogens is 2. The van der Waals surface area contributed by atoms with E-state index in [9.17, 15) is 4.79 Å². The smallest absolute Gasteiger partial charge is 0.277 e. The molecule has 10 heteroatoms. The molecule has 1 heterocycles. The third kappa shape index (κ3) is 5.97. The van der Waals surface area contributed by atoms with Gasteiger partial charge in [-0.25, -0.2) is 0 Å². The van der Waals surface area contributed by atoms with E-state index in [-0.39, 0.29) is 11.7 Å². The first kappa shape index (κ1) is 21.7. The van der Waals surface area contributed by atoms with Gasteiger partial charge in [-0.3, -0.25) is 4.79 Å². The van der Waals surface area contributed by atoms with E-state index in [0.717, 1.165) is 14.5 Å². The molecule has 0 atom stereocenters. The predicted molar refractivity (Wildman–Crippen MR) is 118 cm³/mol. The van der Waals surface area contributed by atoms with Crippen molar-refractivity contribution in [3.05, 3.63) is 56.8 Å². The lowest BCUT2D eigenvalue weighted by Crippen LogP contribution is -2.14. The number of amides is 1. The zero-order valence-electron chi connectivity index (χ0n) is 15.6. The molecule has 0 radical (unpaired) electrons. The molecule has 29 heavy (non-hydrogen) atoms. The van der Waals surface area contributed by atoms with Gasteiger partial charge in [0.2, 0.25) is 11.8 Å². The van der Waals surface area contributed by atoms with Crippen LogP contribution in [0.5, 0.6) is 11.5 Å². The second kappa shape index (κ2) is 10.1. The third-order valence-electron chi connectivity index (χ3n) is 3.78. The van der Waals surface area contributed by atoms with Gasteiger partial charge < -0.3 is 19.2 Å². The summed E-state index contributed by atoms with van der Waals surface area (Å²) in [6.45, 7) is 0. The van der Waals surface area contributed by atoms with Crippen LogP contribution in [-0.4, -0.2) is 36.1 Å². The quantitative estimate of drug-likeness (QED) is 0.404. The van der Waals surface area contributed by atoms with Crippen molar-refractivity contribution >= 4 is 55.2 Å². The normalized spacial score (nSPS) is 10.6. The van der Waals surface area contributed by atoms with Gasteiger partial charge in [-0.1, -0.05) is 33.8 Å². The molecule has 0 saturated carbocycles. The monoisotopic (exact) mass is 541 g/mol. The molecule has 152 valence electrons. The van der Waals surface area contributed by atoms with Crippen LogP contribution in [0.3, 0.4) is 0 Å². The minimum atomic E-state index is -0.173. The predicted octanol–water partition coefficient (Wildman–Crippen LogP) is 4.93. The van der Waals surface area contributed by atoms with Crippen molar-refractivity contribution in [3.8, 4) is 11.5 Å².